The van der Waals surface area contributed by atoms with Gasteiger partial charge in [-0.1, -0.05) is 6.07 Å². The number of rotatable bonds is 4. The molecule has 1 atom stereocenters. The molecular formula is C18H20N2O4S. The minimum atomic E-state index is -0.517. The highest BCUT2D eigenvalue weighted by molar-refractivity contribution is 7.12. The van der Waals surface area contributed by atoms with E-state index in [2.05, 4.69) is 0 Å². The van der Waals surface area contributed by atoms with Crippen LogP contribution in [0.1, 0.15) is 16.6 Å². The lowest BCUT2D eigenvalue weighted by Gasteiger charge is -2.39. The van der Waals surface area contributed by atoms with Gasteiger partial charge in [0, 0.05) is 24.8 Å². The SMILES string of the molecule is COc1ccc(N2CCN(C(=O)c3cccs3)[C@H](C)C2=O)cc1OC. The highest BCUT2D eigenvalue weighted by Crippen LogP contribution is 2.32. The van der Waals surface area contributed by atoms with E-state index < -0.39 is 6.04 Å². The number of amides is 2. The smallest absolute Gasteiger partial charge is 0.264 e. The first-order valence-electron chi connectivity index (χ1n) is 7.94. The lowest BCUT2D eigenvalue weighted by molar-refractivity contribution is -0.124. The van der Waals surface area contributed by atoms with E-state index in [0.717, 1.165) is 5.69 Å². The lowest BCUT2D eigenvalue weighted by Crippen LogP contribution is -2.57. The van der Waals surface area contributed by atoms with Crippen LogP contribution in [-0.4, -0.2) is 50.1 Å². The van der Waals surface area contributed by atoms with Gasteiger partial charge in [-0.25, -0.2) is 0 Å². The number of piperazine rings is 1. The predicted molar refractivity (Wildman–Crippen MR) is 96.7 cm³/mol. The van der Waals surface area contributed by atoms with Crippen LogP contribution >= 0.6 is 11.3 Å². The lowest BCUT2D eigenvalue weighted by atomic mass is 10.1. The van der Waals surface area contributed by atoms with Crippen molar-refractivity contribution in [2.75, 3.05) is 32.2 Å². The third kappa shape index (κ3) is 3.19. The molecule has 1 aromatic carbocycles. The topological polar surface area (TPSA) is 59.1 Å². The quantitative estimate of drug-likeness (QED) is 0.841. The van der Waals surface area contributed by atoms with Crippen LogP contribution in [0.3, 0.4) is 0 Å². The Hall–Kier alpha value is -2.54. The van der Waals surface area contributed by atoms with E-state index in [1.165, 1.54) is 11.3 Å². The third-order valence-electron chi connectivity index (χ3n) is 4.33. The van der Waals surface area contributed by atoms with E-state index in [1.54, 1.807) is 49.1 Å². The van der Waals surface area contributed by atoms with Crippen LogP contribution < -0.4 is 14.4 Å². The molecular weight excluding hydrogens is 340 g/mol. The number of benzene rings is 1. The standard InChI is InChI=1S/C18H20N2O4S/c1-12-17(21)20(13-6-7-14(23-2)15(11-13)24-3)9-8-19(12)18(22)16-5-4-10-25-16/h4-7,10-12H,8-9H2,1-3H3/t12-/m1/s1. The highest BCUT2D eigenvalue weighted by atomic mass is 32.1. The molecule has 7 heteroatoms. The Kier molecular flexibility index (Phi) is 4.94. The molecule has 2 aromatic rings. The van der Waals surface area contributed by atoms with Crippen molar-refractivity contribution in [2.24, 2.45) is 0 Å². The van der Waals surface area contributed by atoms with Crippen molar-refractivity contribution >= 4 is 28.8 Å². The Balaban J connectivity index is 1.81. The van der Waals surface area contributed by atoms with Gasteiger partial charge in [0.15, 0.2) is 11.5 Å². The Bertz CT molecular complexity index is 775. The number of carbonyl (C=O) groups is 2. The molecule has 0 spiro atoms. The van der Waals surface area contributed by atoms with Gasteiger partial charge in [0.1, 0.15) is 6.04 Å². The summed E-state index contributed by atoms with van der Waals surface area (Å²) in [7, 11) is 3.13. The van der Waals surface area contributed by atoms with E-state index in [-0.39, 0.29) is 11.8 Å². The van der Waals surface area contributed by atoms with E-state index in [1.807, 2.05) is 17.5 Å². The van der Waals surface area contributed by atoms with Crippen molar-refractivity contribution in [1.29, 1.82) is 0 Å². The summed E-state index contributed by atoms with van der Waals surface area (Å²) >= 11 is 1.39. The molecule has 1 aliphatic heterocycles. The number of thiophene rings is 1. The summed E-state index contributed by atoms with van der Waals surface area (Å²) in [4.78, 5) is 29.4. The second kappa shape index (κ2) is 7.14. The average molecular weight is 360 g/mol. The normalized spacial score (nSPS) is 17.6. The number of methoxy groups -OCH3 is 2. The number of anilines is 1. The van der Waals surface area contributed by atoms with Crippen molar-refractivity contribution in [3.05, 3.63) is 40.6 Å². The Morgan fingerprint density at radius 1 is 1.16 bits per heavy atom. The summed E-state index contributed by atoms with van der Waals surface area (Å²) in [6.45, 7) is 2.69. The van der Waals surface area contributed by atoms with E-state index in [4.69, 9.17) is 9.47 Å². The average Bonchev–Trinajstić information content (AvgIpc) is 3.17. The maximum Gasteiger partial charge on any atom is 0.264 e. The van der Waals surface area contributed by atoms with Gasteiger partial charge in [-0.05, 0) is 30.5 Å². The molecule has 25 heavy (non-hydrogen) atoms. The molecule has 1 aliphatic rings. The van der Waals surface area contributed by atoms with Gasteiger partial charge in [-0.15, -0.1) is 11.3 Å². The van der Waals surface area contributed by atoms with Crippen LogP contribution in [-0.2, 0) is 4.79 Å². The van der Waals surface area contributed by atoms with Crippen molar-refractivity contribution in [3.8, 4) is 11.5 Å². The highest BCUT2D eigenvalue weighted by Gasteiger charge is 2.35. The maximum atomic E-state index is 12.8. The molecule has 0 N–H and O–H groups in total. The fraction of sp³-hybridized carbons (Fsp3) is 0.333. The van der Waals surface area contributed by atoms with Crippen LogP contribution in [0.4, 0.5) is 5.69 Å². The van der Waals surface area contributed by atoms with Gasteiger partial charge in [0.05, 0.1) is 19.1 Å². The van der Waals surface area contributed by atoms with E-state index in [9.17, 15) is 9.59 Å². The number of hydrogen-bond donors (Lipinski definition) is 0. The van der Waals surface area contributed by atoms with Crippen LogP contribution in [0, 0.1) is 0 Å². The van der Waals surface area contributed by atoms with Crippen LogP contribution in [0.5, 0.6) is 11.5 Å². The number of carbonyl (C=O) groups excluding carboxylic acids is 2. The Morgan fingerprint density at radius 2 is 1.92 bits per heavy atom. The molecule has 6 nitrogen and oxygen atoms in total. The first kappa shape index (κ1) is 17.3. The molecule has 0 bridgehead atoms. The largest absolute Gasteiger partial charge is 0.493 e. The zero-order chi connectivity index (χ0) is 18.0. The molecule has 132 valence electrons. The van der Waals surface area contributed by atoms with Gasteiger partial charge < -0.3 is 19.3 Å². The summed E-state index contributed by atoms with van der Waals surface area (Å²) < 4.78 is 10.5. The first-order chi connectivity index (χ1) is 12.1. The second-order valence-electron chi connectivity index (χ2n) is 5.68. The molecule has 0 radical (unpaired) electrons. The van der Waals surface area contributed by atoms with Crippen LogP contribution in [0.15, 0.2) is 35.7 Å². The summed E-state index contributed by atoms with van der Waals surface area (Å²) in [5.74, 6) is 0.974. The maximum absolute atomic E-state index is 12.8. The Labute approximate surface area is 150 Å². The summed E-state index contributed by atoms with van der Waals surface area (Å²) in [6, 6.07) is 8.48. The zero-order valence-electron chi connectivity index (χ0n) is 14.4. The molecule has 2 heterocycles. The first-order valence-corrected chi connectivity index (χ1v) is 8.82. The number of nitrogens with zero attached hydrogens (tertiary/aromatic N) is 2. The van der Waals surface area contributed by atoms with Gasteiger partial charge in [0.25, 0.3) is 5.91 Å². The fourth-order valence-corrected chi connectivity index (χ4v) is 3.62. The minimum Gasteiger partial charge on any atom is -0.493 e. The van der Waals surface area contributed by atoms with Crippen molar-refractivity contribution in [3.63, 3.8) is 0 Å². The van der Waals surface area contributed by atoms with Crippen LogP contribution in [0.2, 0.25) is 0 Å². The van der Waals surface area contributed by atoms with Gasteiger partial charge >= 0.3 is 0 Å². The van der Waals surface area contributed by atoms with Crippen molar-refractivity contribution in [1.82, 2.24) is 4.90 Å². The van der Waals surface area contributed by atoms with Crippen molar-refractivity contribution in [2.45, 2.75) is 13.0 Å². The Morgan fingerprint density at radius 3 is 2.56 bits per heavy atom. The number of ether oxygens (including phenoxy) is 2. The molecule has 3 rings (SSSR count). The molecule has 1 saturated heterocycles. The van der Waals surface area contributed by atoms with E-state index >= 15 is 0 Å². The molecule has 0 unspecified atom stereocenters. The molecule has 0 saturated carbocycles. The summed E-state index contributed by atoms with van der Waals surface area (Å²) in [5.41, 5.74) is 0.734. The molecule has 1 aromatic heterocycles. The van der Waals surface area contributed by atoms with Crippen LogP contribution in [0.25, 0.3) is 0 Å². The molecule has 1 fully saturated rings. The van der Waals surface area contributed by atoms with Gasteiger partial charge in [-0.2, -0.15) is 0 Å². The van der Waals surface area contributed by atoms with Gasteiger partial charge in [0.2, 0.25) is 5.91 Å². The summed E-state index contributed by atoms with van der Waals surface area (Å²) in [5, 5.41) is 1.86. The molecule has 2 amide bonds. The van der Waals surface area contributed by atoms with E-state index in [0.29, 0.717) is 29.5 Å². The van der Waals surface area contributed by atoms with Crippen molar-refractivity contribution < 1.29 is 19.1 Å². The fourth-order valence-electron chi connectivity index (χ4n) is 2.94. The van der Waals surface area contributed by atoms with Gasteiger partial charge in [-0.3, -0.25) is 9.59 Å². The second-order valence-corrected chi connectivity index (χ2v) is 6.63. The predicted octanol–water partition coefficient (Wildman–Crippen LogP) is 2.64. The monoisotopic (exact) mass is 360 g/mol. The minimum absolute atomic E-state index is 0.0946. The molecule has 0 aliphatic carbocycles. The summed E-state index contributed by atoms with van der Waals surface area (Å²) in [6.07, 6.45) is 0. The third-order valence-corrected chi connectivity index (χ3v) is 5.18. The number of hydrogen-bond acceptors (Lipinski definition) is 5. The zero-order valence-corrected chi connectivity index (χ0v) is 15.2.